The SMILES string of the molecule is O=c1[nH]c(=S)n([C@@H]2O[C@H](OP(=O)(O)OP(=O)(O)OP(=O)(O)O)[C@H](O)C2(F)CF)cc1F. The Morgan fingerprint density at radius 3 is 2.32 bits per heavy atom. The van der Waals surface area contributed by atoms with Crippen molar-refractivity contribution in [2.24, 2.45) is 0 Å². The van der Waals surface area contributed by atoms with Crippen molar-refractivity contribution in [1.29, 1.82) is 0 Å². The Morgan fingerprint density at radius 1 is 1.23 bits per heavy atom. The Kier molecular flexibility index (Phi) is 7.57. The first-order chi connectivity index (χ1) is 13.9. The zero-order chi connectivity index (χ0) is 24.0. The van der Waals surface area contributed by atoms with Crippen molar-refractivity contribution in [3.63, 3.8) is 0 Å². The number of phosphoric ester groups is 1. The van der Waals surface area contributed by atoms with Gasteiger partial charge in [-0.3, -0.25) is 18.9 Å². The van der Waals surface area contributed by atoms with Crippen LogP contribution in [0.5, 0.6) is 0 Å². The first kappa shape index (κ1) is 26.5. The van der Waals surface area contributed by atoms with E-state index in [4.69, 9.17) is 19.4 Å². The van der Waals surface area contributed by atoms with Crippen molar-refractivity contribution >= 4 is 35.7 Å². The molecule has 1 saturated heterocycles. The number of nitrogens with one attached hydrogen (secondary N) is 1. The monoisotopic (exact) mass is 538 g/mol. The summed E-state index contributed by atoms with van der Waals surface area (Å²) in [5.41, 5.74) is -4.87. The summed E-state index contributed by atoms with van der Waals surface area (Å²) in [5.74, 6) is -1.54. The van der Waals surface area contributed by atoms with Crippen molar-refractivity contribution in [1.82, 2.24) is 9.55 Å². The van der Waals surface area contributed by atoms with Gasteiger partial charge in [0.05, 0.1) is 6.20 Å². The van der Waals surface area contributed by atoms with E-state index >= 15 is 4.39 Å². The number of nitrogens with zero attached hydrogens (tertiary/aromatic N) is 1. The van der Waals surface area contributed by atoms with Gasteiger partial charge in [-0.05, 0) is 12.2 Å². The maximum absolute atomic E-state index is 15.0. The smallest absolute Gasteiger partial charge is 0.384 e. The van der Waals surface area contributed by atoms with Gasteiger partial charge in [-0.2, -0.15) is 13.0 Å². The van der Waals surface area contributed by atoms with Crippen molar-refractivity contribution in [3.8, 4) is 0 Å². The minimum Gasteiger partial charge on any atom is -0.384 e. The van der Waals surface area contributed by atoms with Crippen LogP contribution in [-0.2, 0) is 31.6 Å². The predicted molar refractivity (Wildman–Crippen MR) is 90.5 cm³/mol. The Hall–Kier alpha value is -0.780. The number of aromatic amines is 1. The molecule has 0 amide bonds. The molecule has 1 aliphatic rings. The molecule has 2 rings (SSSR count). The molecule has 0 radical (unpaired) electrons. The average Bonchev–Trinajstić information content (AvgIpc) is 2.79. The van der Waals surface area contributed by atoms with Crippen molar-refractivity contribution in [2.45, 2.75) is 24.3 Å². The zero-order valence-corrected chi connectivity index (χ0v) is 17.8. The number of hydrogen-bond donors (Lipinski definition) is 6. The molecule has 22 heteroatoms. The topological polar surface area (TPSA) is 227 Å². The summed E-state index contributed by atoms with van der Waals surface area (Å²) in [6, 6.07) is 0. The number of rotatable bonds is 8. The van der Waals surface area contributed by atoms with E-state index in [1.807, 2.05) is 0 Å². The van der Waals surface area contributed by atoms with Crippen molar-refractivity contribution in [2.75, 3.05) is 6.67 Å². The highest BCUT2D eigenvalue weighted by molar-refractivity contribution is 7.71. The molecular formula is C9H12F3N2O13P3S. The molecule has 0 spiro atoms. The molecule has 15 nitrogen and oxygen atoms in total. The molecule has 1 aromatic heterocycles. The fraction of sp³-hybridized carbons (Fsp3) is 0.556. The lowest BCUT2D eigenvalue weighted by Crippen LogP contribution is -2.45. The molecule has 6 N–H and O–H groups in total. The number of aliphatic hydroxyl groups is 1. The summed E-state index contributed by atoms with van der Waals surface area (Å²) < 4.78 is 91.0. The largest absolute Gasteiger partial charge is 0.490 e. The highest BCUT2D eigenvalue weighted by Crippen LogP contribution is 2.67. The standard InChI is InChI=1S/C9H12F3N2O13P3S/c10-2-9(12)4(15)6(24-7(9)14-1-3(11)5(16)13-8(14)31)25-29(20,21)27-30(22,23)26-28(17,18)19/h1,4,6-7,15H,2H2,(H,20,21)(H,22,23)(H,13,16,31)(H2,17,18,19)/t4-,6+,7+,9?/m0/s1. The molecule has 0 bridgehead atoms. The van der Waals surface area contributed by atoms with Gasteiger partial charge in [0.15, 0.2) is 11.0 Å². The molecule has 1 aliphatic heterocycles. The lowest BCUT2D eigenvalue weighted by molar-refractivity contribution is -0.135. The van der Waals surface area contributed by atoms with Gasteiger partial charge in [-0.1, -0.05) is 0 Å². The van der Waals surface area contributed by atoms with E-state index in [0.717, 1.165) is 0 Å². The van der Waals surface area contributed by atoms with Gasteiger partial charge >= 0.3 is 23.5 Å². The minimum atomic E-state index is -5.96. The molecule has 1 fully saturated rings. The van der Waals surface area contributed by atoms with Crippen LogP contribution in [0.4, 0.5) is 13.2 Å². The van der Waals surface area contributed by atoms with Gasteiger partial charge in [0.1, 0.15) is 12.8 Å². The zero-order valence-electron chi connectivity index (χ0n) is 14.3. The number of aliphatic hydroxyl groups excluding tert-OH is 1. The first-order valence-corrected chi connectivity index (χ1v) is 12.3. The van der Waals surface area contributed by atoms with Crippen LogP contribution in [0, 0.1) is 10.6 Å². The van der Waals surface area contributed by atoms with Crippen molar-refractivity contribution < 1.29 is 69.4 Å². The molecule has 2 heterocycles. The van der Waals surface area contributed by atoms with E-state index in [-0.39, 0.29) is 6.20 Å². The second-order valence-electron chi connectivity index (χ2n) is 5.70. The molecule has 31 heavy (non-hydrogen) atoms. The molecule has 0 aromatic carbocycles. The third kappa shape index (κ3) is 6.17. The van der Waals surface area contributed by atoms with E-state index < -0.39 is 70.6 Å². The van der Waals surface area contributed by atoms with Gasteiger partial charge in [0.25, 0.3) is 5.56 Å². The van der Waals surface area contributed by atoms with Gasteiger partial charge in [0.2, 0.25) is 17.8 Å². The maximum atomic E-state index is 15.0. The van der Waals surface area contributed by atoms with Crippen LogP contribution < -0.4 is 5.56 Å². The number of aromatic nitrogens is 2. The number of phosphoric acid groups is 3. The summed E-state index contributed by atoms with van der Waals surface area (Å²) in [5, 5.41) is 9.95. The number of halogens is 3. The molecule has 178 valence electrons. The Balaban J connectivity index is 2.33. The van der Waals surface area contributed by atoms with Crippen molar-refractivity contribution in [3.05, 3.63) is 27.1 Å². The number of hydrogen-bond acceptors (Lipinski definition) is 10. The van der Waals surface area contributed by atoms with Crippen LogP contribution in [0.2, 0.25) is 0 Å². The average molecular weight is 538 g/mol. The molecule has 1 aromatic rings. The van der Waals surface area contributed by atoms with Crippen LogP contribution in [0.15, 0.2) is 11.0 Å². The third-order valence-corrected chi connectivity index (χ3v) is 7.57. The number of H-pyrrole nitrogens is 1. The lowest BCUT2D eigenvalue weighted by atomic mass is 10.0. The summed E-state index contributed by atoms with van der Waals surface area (Å²) in [7, 11) is -17.6. The van der Waals surface area contributed by atoms with E-state index in [2.05, 4.69) is 25.4 Å². The predicted octanol–water partition coefficient (Wildman–Crippen LogP) is 0.282. The fourth-order valence-corrected chi connectivity index (χ4v) is 5.61. The van der Waals surface area contributed by atoms with Crippen LogP contribution in [-0.4, -0.2) is 59.0 Å². The molecule has 3 unspecified atom stereocenters. The van der Waals surface area contributed by atoms with E-state index in [1.54, 1.807) is 4.98 Å². The van der Waals surface area contributed by atoms with E-state index in [9.17, 15) is 37.3 Å². The molecular weight excluding hydrogens is 526 g/mol. The second kappa shape index (κ2) is 8.87. The summed E-state index contributed by atoms with van der Waals surface area (Å²) in [4.78, 5) is 48.4. The van der Waals surface area contributed by atoms with Crippen LogP contribution in [0.3, 0.4) is 0 Å². The van der Waals surface area contributed by atoms with Gasteiger partial charge in [0, 0.05) is 0 Å². The second-order valence-corrected chi connectivity index (χ2v) is 10.5. The van der Waals surface area contributed by atoms with Gasteiger partial charge in [-0.25, -0.2) is 22.5 Å². The third-order valence-electron chi connectivity index (χ3n) is 3.46. The normalized spacial score (nSPS) is 30.6. The van der Waals surface area contributed by atoms with Gasteiger partial charge in [-0.15, -0.1) is 0 Å². The summed E-state index contributed by atoms with van der Waals surface area (Å²) in [6.07, 6.45) is -7.54. The summed E-state index contributed by atoms with van der Waals surface area (Å²) >= 11 is 4.66. The molecule has 6 atom stereocenters. The quantitative estimate of drug-likeness (QED) is 0.193. The van der Waals surface area contributed by atoms with Crippen LogP contribution in [0.25, 0.3) is 0 Å². The Morgan fingerprint density at radius 2 is 1.81 bits per heavy atom. The van der Waals surface area contributed by atoms with Gasteiger partial charge < -0.3 is 29.4 Å². The lowest BCUT2D eigenvalue weighted by Gasteiger charge is -2.26. The number of ether oxygens (including phenoxy) is 1. The van der Waals surface area contributed by atoms with E-state index in [1.165, 1.54) is 0 Å². The Labute approximate surface area is 173 Å². The highest BCUT2D eigenvalue weighted by Gasteiger charge is 2.61. The maximum Gasteiger partial charge on any atom is 0.490 e. The van der Waals surface area contributed by atoms with Crippen LogP contribution in [0.1, 0.15) is 6.23 Å². The molecule has 0 aliphatic carbocycles. The summed E-state index contributed by atoms with van der Waals surface area (Å²) in [6.45, 7) is -2.07. The van der Waals surface area contributed by atoms with E-state index in [0.29, 0.717) is 4.57 Å². The Bertz CT molecular complexity index is 1110. The minimum absolute atomic E-state index is 0.274. The first-order valence-electron chi connectivity index (χ1n) is 7.32. The fourth-order valence-electron chi connectivity index (χ4n) is 2.28. The molecule has 0 saturated carbocycles. The highest BCUT2D eigenvalue weighted by atomic mass is 32.1. The van der Waals surface area contributed by atoms with Crippen LogP contribution >= 0.6 is 35.7 Å². The number of alkyl halides is 2.